The molecule has 2 aromatic heterocycles. The number of nitrogens with one attached hydrogen (secondary N) is 1. The van der Waals surface area contributed by atoms with Crippen molar-refractivity contribution in [2.24, 2.45) is 0 Å². The number of hydrogen-bond acceptors (Lipinski definition) is 6. The SMILES string of the molecule is COCc1nc2n(n1)CC(NC(=O)c1cccc(OCC(F)(F)F)n1)CC2. The van der Waals surface area contributed by atoms with E-state index in [4.69, 9.17) is 4.74 Å². The van der Waals surface area contributed by atoms with Gasteiger partial charge in [-0.2, -0.15) is 18.3 Å². The molecular formula is C16H18F3N5O3. The van der Waals surface area contributed by atoms with Crippen molar-refractivity contribution < 1.29 is 27.4 Å². The van der Waals surface area contributed by atoms with Gasteiger partial charge in [0.1, 0.15) is 18.1 Å². The molecule has 27 heavy (non-hydrogen) atoms. The number of alkyl halides is 3. The van der Waals surface area contributed by atoms with Gasteiger partial charge in [-0.1, -0.05) is 6.07 Å². The number of nitrogens with zero attached hydrogens (tertiary/aromatic N) is 4. The van der Waals surface area contributed by atoms with Gasteiger partial charge in [-0.05, 0) is 12.5 Å². The summed E-state index contributed by atoms with van der Waals surface area (Å²) >= 11 is 0. The van der Waals surface area contributed by atoms with Crippen LogP contribution in [0.4, 0.5) is 13.2 Å². The Morgan fingerprint density at radius 3 is 2.93 bits per heavy atom. The van der Waals surface area contributed by atoms with Crippen molar-refractivity contribution in [3.63, 3.8) is 0 Å². The Morgan fingerprint density at radius 2 is 2.19 bits per heavy atom. The summed E-state index contributed by atoms with van der Waals surface area (Å²) in [5, 5.41) is 7.14. The molecule has 146 valence electrons. The standard InChI is InChI=1S/C16H18F3N5O3/c1-26-8-12-22-13-6-5-10(7-24(13)23-12)20-15(25)11-3-2-4-14(21-11)27-9-16(17,18)19/h2-4,10H,5-9H2,1H3,(H,20,25). The minimum atomic E-state index is -4.47. The molecular weight excluding hydrogens is 367 g/mol. The average Bonchev–Trinajstić information content (AvgIpc) is 3.01. The van der Waals surface area contributed by atoms with Gasteiger partial charge in [-0.15, -0.1) is 0 Å². The fraction of sp³-hybridized carbons (Fsp3) is 0.500. The number of halogens is 3. The van der Waals surface area contributed by atoms with E-state index in [-0.39, 0.29) is 17.6 Å². The molecule has 1 atom stereocenters. The van der Waals surface area contributed by atoms with Crippen LogP contribution in [0.1, 0.15) is 28.6 Å². The number of rotatable bonds is 6. The molecule has 0 saturated heterocycles. The van der Waals surface area contributed by atoms with E-state index in [1.807, 2.05) is 0 Å². The molecule has 1 N–H and O–H groups in total. The summed E-state index contributed by atoms with van der Waals surface area (Å²) in [6, 6.07) is 3.91. The van der Waals surface area contributed by atoms with Crippen LogP contribution in [0, 0.1) is 0 Å². The number of aryl methyl sites for hydroxylation is 1. The van der Waals surface area contributed by atoms with Gasteiger partial charge in [0.2, 0.25) is 5.88 Å². The number of fused-ring (bicyclic) bond motifs is 1. The van der Waals surface area contributed by atoms with Crippen molar-refractivity contribution in [2.45, 2.75) is 38.2 Å². The van der Waals surface area contributed by atoms with Crippen molar-refractivity contribution in [1.82, 2.24) is 25.1 Å². The lowest BCUT2D eigenvalue weighted by atomic mass is 10.1. The van der Waals surface area contributed by atoms with Gasteiger partial charge in [0.25, 0.3) is 5.91 Å². The molecule has 8 nitrogen and oxygen atoms in total. The minimum Gasteiger partial charge on any atom is -0.468 e. The van der Waals surface area contributed by atoms with Crippen molar-refractivity contribution >= 4 is 5.91 Å². The third-order valence-electron chi connectivity index (χ3n) is 3.85. The number of amides is 1. The van der Waals surface area contributed by atoms with Crippen LogP contribution in [-0.2, 0) is 24.3 Å². The second kappa shape index (κ2) is 7.91. The fourth-order valence-electron chi connectivity index (χ4n) is 2.71. The lowest BCUT2D eigenvalue weighted by Crippen LogP contribution is -2.41. The fourth-order valence-corrected chi connectivity index (χ4v) is 2.71. The molecule has 1 aliphatic heterocycles. The van der Waals surface area contributed by atoms with Gasteiger partial charge in [0.15, 0.2) is 12.4 Å². The first kappa shape index (κ1) is 19.1. The predicted molar refractivity (Wildman–Crippen MR) is 86.1 cm³/mol. The van der Waals surface area contributed by atoms with Gasteiger partial charge < -0.3 is 14.8 Å². The van der Waals surface area contributed by atoms with Crippen LogP contribution in [0.25, 0.3) is 0 Å². The monoisotopic (exact) mass is 385 g/mol. The quantitative estimate of drug-likeness (QED) is 0.811. The first-order chi connectivity index (χ1) is 12.8. The van der Waals surface area contributed by atoms with Gasteiger partial charge in [0, 0.05) is 25.6 Å². The van der Waals surface area contributed by atoms with Crippen molar-refractivity contribution in [3.8, 4) is 5.88 Å². The Hall–Kier alpha value is -2.69. The molecule has 0 aliphatic carbocycles. The highest BCUT2D eigenvalue weighted by Crippen LogP contribution is 2.18. The van der Waals surface area contributed by atoms with Crippen LogP contribution in [0.5, 0.6) is 5.88 Å². The maximum Gasteiger partial charge on any atom is 0.422 e. The lowest BCUT2D eigenvalue weighted by molar-refractivity contribution is -0.154. The van der Waals surface area contributed by atoms with E-state index >= 15 is 0 Å². The van der Waals surface area contributed by atoms with Crippen LogP contribution in [0.3, 0.4) is 0 Å². The first-order valence-electron chi connectivity index (χ1n) is 8.23. The van der Waals surface area contributed by atoms with E-state index in [2.05, 4.69) is 25.1 Å². The summed E-state index contributed by atoms with van der Waals surface area (Å²) in [6.45, 7) is -0.708. The van der Waals surface area contributed by atoms with Crippen molar-refractivity contribution in [2.75, 3.05) is 13.7 Å². The number of methoxy groups -OCH3 is 1. The van der Waals surface area contributed by atoms with Crippen molar-refractivity contribution in [3.05, 3.63) is 35.5 Å². The minimum absolute atomic E-state index is 0.0147. The van der Waals surface area contributed by atoms with E-state index in [0.29, 0.717) is 31.8 Å². The van der Waals surface area contributed by atoms with Crippen LogP contribution < -0.4 is 10.1 Å². The summed E-state index contributed by atoms with van der Waals surface area (Å²) in [5.41, 5.74) is -0.0147. The number of aromatic nitrogens is 4. The smallest absolute Gasteiger partial charge is 0.422 e. The van der Waals surface area contributed by atoms with Crippen LogP contribution >= 0.6 is 0 Å². The molecule has 11 heteroatoms. The lowest BCUT2D eigenvalue weighted by Gasteiger charge is -2.23. The highest BCUT2D eigenvalue weighted by molar-refractivity contribution is 5.92. The summed E-state index contributed by atoms with van der Waals surface area (Å²) in [6.07, 6.45) is -3.16. The van der Waals surface area contributed by atoms with E-state index < -0.39 is 18.7 Å². The predicted octanol–water partition coefficient (Wildman–Crippen LogP) is 1.51. The summed E-state index contributed by atoms with van der Waals surface area (Å²) < 4.78 is 48.0. The molecule has 0 spiro atoms. The summed E-state index contributed by atoms with van der Waals surface area (Å²) in [5.74, 6) is 0.661. The zero-order valence-corrected chi connectivity index (χ0v) is 14.5. The highest BCUT2D eigenvalue weighted by atomic mass is 19.4. The molecule has 0 radical (unpaired) electrons. The first-order valence-corrected chi connectivity index (χ1v) is 8.23. The normalized spacial score (nSPS) is 16.7. The Bertz CT molecular complexity index is 809. The Balaban J connectivity index is 1.60. The summed E-state index contributed by atoms with van der Waals surface area (Å²) in [7, 11) is 1.56. The topological polar surface area (TPSA) is 91.2 Å². The molecule has 1 aliphatic rings. The number of pyridine rings is 1. The van der Waals surface area contributed by atoms with E-state index in [0.717, 1.165) is 5.82 Å². The Kier molecular flexibility index (Phi) is 5.59. The van der Waals surface area contributed by atoms with E-state index in [9.17, 15) is 18.0 Å². The zero-order valence-electron chi connectivity index (χ0n) is 14.5. The van der Waals surface area contributed by atoms with Crippen LogP contribution in [-0.4, -0.2) is 51.6 Å². The third kappa shape index (κ3) is 5.16. The largest absolute Gasteiger partial charge is 0.468 e. The zero-order chi connectivity index (χ0) is 19.4. The average molecular weight is 385 g/mol. The molecule has 3 rings (SSSR count). The molecule has 1 amide bonds. The number of ether oxygens (including phenoxy) is 2. The van der Waals surface area contributed by atoms with Gasteiger partial charge in [0.05, 0.1) is 6.54 Å². The molecule has 0 aromatic carbocycles. The van der Waals surface area contributed by atoms with Gasteiger partial charge >= 0.3 is 6.18 Å². The van der Waals surface area contributed by atoms with Crippen molar-refractivity contribution in [1.29, 1.82) is 0 Å². The molecule has 3 heterocycles. The van der Waals surface area contributed by atoms with Gasteiger partial charge in [-0.25, -0.2) is 14.6 Å². The Labute approximate surface area is 152 Å². The highest BCUT2D eigenvalue weighted by Gasteiger charge is 2.29. The van der Waals surface area contributed by atoms with Crippen LogP contribution in [0.15, 0.2) is 18.2 Å². The molecule has 1 unspecified atom stereocenters. The maximum atomic E-state index is 12.4. The number of hydrogen-bond donors (Lipinski definition) is 1. The molecule has 2 aromatic rings. The summed E-state index contributed by atoms with van der Waals surface area (Å²) in [4.78, 5) is 20.6. The van der Waals surface area contributed by atoms with E-state index in [1.54, 1.807) is 11.8 Å². The second-order valence-corrected chi connectivity index (χ2v) is 6.03. The number of carbonyl (C=O) groups is 1. The number of carbonyl (C=O) groups excluding carboxylic acids is 1. The van der Waals surface area contributed by atoms with E-state index in [1.165, 1.54) is 18.2 Å². The molecule has 0 bridgehead atoms. The van der Waals surface area contributed by atoms with Crippen LogP contribution in [0.2, 0.25) is 0 Å². The van der Waals surface area contributed by atoms with Gasteiger partial charge in [-0.3, -0.25) is 4.79 Å². The Morgan fingerprint density at radius 1 is 1.37 bits per heavy atom. The molecule has 0 saturated carbocycles. The maximum absolute atomic E-state index is 12.4. The molecule has 0 fully saturated rings. The second-order valence-electron chi connectivity index (χ2n) is 6.03. The third-order valence-corrected chi connectivity index (χ3v) is 3.85.